The van der Waals surface area contributed by atoms with Crippen LogP contribution in [0.4, 0.5) is 33.3 Å². The number of rotatable bonds is 30. The molecule has 2 saturated heterocycles. The molecule has 2 aliphatic heterocycles. The van der Waals surface area contributed by atoms with E-state index in [0.717, 1.165) is 96.2 Å². The van der Waals surface area contributed by atoms with Gasteiger partial charge in [0, 0.05) is 85.5 Å². The summed E-state index contributed by atoms with van der Waals surface area (Å²) in [5.41, 5.74) is 0.342. The van der Waals surface area contributed by atoms with Crippen LogP contribution in [0.1, 0.15) is 153 Å². The van der Waals surface area contributed by atoms with Crippen molar-refractivity contribution in [2.24, 2.45) is 21.7 Å². The number of alkyl halides is 5. The zero-order valence-electron chi connectivity index (χ0n) is 58.8. The zero-order chi connectivity index (χ0) is 73.0. The van der Waals surface area contributed by atoms with Gasteiger partial charge in [0.1, 0.15) is 17.0 Å². The van der Waals surface area contributed by atoms with Crippen LogP contribution in [-0.2, 0) is 34.2 Å². The van der Waals surface area contributed by atoms with Crippen LogP contribution in [0, 0.1) is 28.6 Å². The van der Waals surface area contributed by atoms with Gasteiger partial charge in [-0.2, -0.15) is 13.2 Å². The Hall–Kier alpha value is -6.49. The molecule has 550 valence electrons. The summed E-state index contributed by atoms with van der Waals surface area (Å²) in [6.07, 6.45) is 4.63. The Kier molecular flexibility index (Phi) is 24.0. The maximum Gasteiger partial charge on any atom is 0.501 e. The lowest BCUT2D eigenvalue weighted by molar-refractivity contribution is -0.250. The minimum atomic E-state index is -6.18. The molecule has 5 N–H and O–H groups in total. The van der Waals surface area contributed by atoms with Gasteiger partial charge in [0.2, 0.25) is 24.1 Å². The Labute approximate surface area is 599 Å². The first-order valence-electron chi connectivity index (χ1n) is 34.9. The molecule has 11 rings (SSSR count). The highest BCUT2D eigenvalue weighted by atomic mass is 32.2. The van der Waals surface area contributed by atoms with Crippen LogP contribution in [0.5, 0.6) is 0 Å². The zero-order valence-corrected chi connectivity index (χ0v) is 62.1. The smallest absolute Gasteiger partial charge is 0.391 e. The van der Waals surface area contributed by atoms with Crippen molar-refractivity contribution in [2.45, 2.75) is 189 Å². The number of sulfonamides is 1. The molecule has 3 heterocycles. The normalized spacial score (nSPS) is 21.9. The number of carbonyl (C=O) groups excluding carboxylic acids is 4. The molecule has 0 unspecified atom stereocenters. The number of β-amino-alcohol motifs (C(OH)–C–C–N with tert-alkyl or cyclic N) is 1. The minimum absolute atomic E-state index is 0.0487. The molecule has 4 aliphatic carbocycles. The molecule has 4 aromatic carbocycles. The summed E-state index contributed by atoms with van der Waals surface area (Å²) in [7, 11) is -9.25. The molecule has 2 bridgehead atoms. The molecule has 27 heteroatoms. The molecule has 5 aromatic rings. The van der Waals surface area contributed by atoms with Crippen molar-refractivity contribution < 1.29 is 63.1 Å². The second-order valence-electron chi connectivity index (χ2n) is 30.4. The molecule has 5 atom stereocenters. The van der Waals surface area contributed by atoms with E-state index in [0.29, 0.717) is 70.8 Å². The third-order valence-corrected chi connectivity index (χ3v) is 25.9. The quantitative estimate of drug-likeness (QED) is 0.0125. The molecule has 0 radical (unpaired) electrons. The fourth-order valence-corrected chi connectivity index (χ4v) is 18.8. The Morgan fingerprint density at radius 3 is 2.16 bits per heavy atom. The summed E-state index contributed by atoms with van der Waals surface area (Å²) in [5.74, 6) is -2.01. The Balaban J connectivity index is 0.701. The average Bonchev–Trinajstić information content (AvgIpc) is 1.11. The summed E-state index contributed by atoms with van der Waals surface area (Å²) in [5, 5.41) is 19.7. The highest BCUT2D eigenvalue weighted by molar-refractivity contribution is 7.99. The van der Waals surface area contributed by atoms with Gasteiger partial charge in [-0.1, -0.05) is 101 Å². The lowest BCUT2D eigenvalue weighted by atomic mass is 9.32. The number of hydrogen-bond acceptors (Lipinski definition) is 16. The number of carbonyl (C=O) groups is 4. The molecule has 0 spiro atoms. The van der Waals surface area contributed by atoms with E-state index in [1.54, 1.807) is 29.0 Å². The molecule has 1 aromatic heterocycles. The Bertz CT molecular complexity index is 4010. The maximum atomic E-state index is 14.6. The molecule has 18 nitrogen and oxygen atoms in total. The number of amides is 4. The standard InChI is InChI=1S/C74H96F5N9O9S4/c1-48(50-19-21-51(22-20-50)64-49(2)80-47-99-64)81-67(92)61-38-56(89)42-88(61)68(93)65(70(3,4)5)83-63(90)18-14-9-10-15-32-85(8)33-30-54(43-98-57-16-12-11-13-17-57)82-60-28-27-58(39-62(60)100(94,95)74(77,78)79)101(96,97)84-66(91)52-23-25-55(26-24-52)87-36-34-86(35-37-87)41-53-29-31-71(6,7)40-59(53)72-44-73(45-72,46-72)69(75)76/h11-13,16-17,19-28,39,47-48,54,56,61,65,69,82,89H,9-10,14-15,18,29-38,40-46H2,1-8H3,(H,81,92)(H,83,90)(H,84,91)/t48-,54+,56+,61-,65+,72?,73?/m0/s1. The number of thiazole rings is 1. The van der Waals surface area contributed by atoms with E-state index >= 15 is 0 Å². The number of likely N-dealkylation sites (tertiary alicyclic amines) is 1. The number of sulfone groups is 1. The maximum absolute atomic E-state index is 14.6. The highest BCUT2D eigenvalue weighted by Gasteiger charge is 2.73. The Morgan fingerprint density at radius 1 is 0.851 bits per heavy atom. The third-order valence-electron chi connectivity index (χ3n) is 20.9. The molecule has 6 aliphatic rings. The molecule has 4 amide bonds. The number of piperazine rings is 1. The van der Waals surface area contributed by atoms with E-state index in [9.17, 15) is 63.1 Å². The van der Waals surface area contributed by atoms with E-state index in [-0.39, 0.29) is 47.4 Å². The summed E-state index contributed by atoms with van der Waals surface area (Å²) in [6.45, 7) is 18.4. The largest absolute Gasteiger partial charge is 0.501 e. The van der Waals surface area contributed by atoms with Gasteiger partial charge in [-0.05, 0) is 174 Å². The SMILES string of the molecule is Cc1ncsc1-c1ccc([C@H](C)NC(=O)[C@@H]2C[C@@H](O)CN2C(=O)[C@@H](NC(=O)CCCCCCN(C)CC[C@H](CSc2ccccc2)Nc2ccc(S(=O)(=O)NC(=O)c3ccc(N4CCN(CC5=C(C67CC(C(F)F)(C6)C7)CC(C)(C)CC5)CC4)cc3)cc2S(=O)(=O)C(F)(F)F)C(C)(C)C)cc1. The highest BCUT2D eigenvalue weighted by Crippen LogP contribution is 2.79. The van der Waals surface area contributed by atoms with Crippen molar-refractivity contribution >= 4 is 78.0 Å². The summed E-state index contributed by atoms with van der Waals surface area (Å²) >= 11 is 2.94. The fourth-order valence-electron chi connectivity index (χ4n) is 15.0. The third kappa shape index (κ3) is 18.4. The number of nitrogens with zero attached hydrogens (tertiary/aromatic N) is 5. The van der Waals surface area contributed by atoms with Gasteiger partial charge in [-0.25, -0.2) is 35.3 Å². The number of aromatic nitrogens is 1. The molecule has 101 heavy (non-hydrogen) atoms. The van der Waals surface area contributed by atoms with Gasteiger partial charge in [0.05, 0.1) is 38.8 Å². The van der Waals surface area contributed by atoms with Crippen LogP contribution in [0.15, 0.2) is 128 Å². The van der Waals surface area contributed by atoms with Crippen LogP contribution in [0.2, 0.25) is 0 Å². The van der Waals surface area contributed by atoms with Crippen LogP contribution >= 0.6 is 23.1 Å². The van der Waals surface area contributed by atoms with Crippen molar-refractivity contribution in [2.75, 3.05) is 75.4 Å². The second kappa shape index (κ2) is 31.5. The number of hydrogen-bond donors (Lipinski definition) is 5. The van der Waals surface area contributed by atoms with Gasteiger partial charge in [-0.3, -0.25) is 24.1 Å². The van der Waals surface area contributed by atoms with Crippen molar-refractivity contribution in [1.29, 1.82) is 0 Å². The van der Waals surface area contributed by atoms with Gasteiger partial charge in [0.15, 0.2) is 0 Å². The first kappa shape index (κ1) is 77.1. The number of unbranched alkanes of at least 4 members (excludes halogenated alkanes) is 3. The number of benzene rings is 4. The average molecular weight is 1480 g/mol. The molecule has 3 saturated carbocycles. The predicted molar refractivity (Wildman–Crippen MR) is 385 cm³/mol. The monoisotopic (exact) mass is 1480 g/mol. The topological polar surface area (TPSA) is 231 Å². The lowest BCUT2D eigenvalue weighted by Gasteiger charge is -2.72. The van der Waals surface area contributed by atoms with E-state index in [4.69, 9.17) is 0 Å². The van der Waals surface area contributed by atoms with E-state index in [2.05, 4.69) is 44.6 Å². The van der Waals surface area contributed by atoms with Crippen molar-refractivity contribution in [3.63, 3.8) is 0 Å². The van der Waals surface area contributed by atoms with Gasteiger partial charge >= 0.3 is 5.51 Å². The Morgan fingerprint density at radius 2 is 1.52 bits per heavy atom. The predicted octanol–water partition coefficient (Wildman–Crippen LogP) is 12.8. The van der Waals surface area contributed by atoms with Gasteiger partial charge in [-0.15, -0.1) is 23.1 Å². The van der Waals surface area contributed by atoms with Crippen LogP contribution in [-0.4, -0.2) is 167 Å². The van der Waals surface area contributed by atoms with Crippen LogP contribution in [0.3, 0.4) is 0 Å². The van der Waals surface area contributed by atoms with Crippen molar-refractivity contribution in [3.05, 3.63) is 131 Å². The number of nitrogens with one attached hydrogen (secondary N) is 4. The van der Waals surface area contributed by atoms with E-state index in [1.807, 2.05) is 106 Å². The van der Waals surface area contributed by atoms with Crippen LogP contribution in [0.25, 0.3) is 10.4 Å². The summed E-state index contributed by atoms with van der Waals surface area (Å²) < 4.78 is 128. The van der Waals surface area contributed by atoms with Gasteiger partial charge < -0.3 is 35.8 Å². The number of aryl methyl sites for hydroxylation is 1. The minimum Gasteiger partial charge on any atom is -0.391 e. The van der Waals surface area contributed by atoms with E-state index < -0.39 is 106 Å². The van der Waals surface area contributed by atoms with Crippen LogP contribution < -0.4 is 25.6 Å². The summed E-state index contributed by atoms with van der Waals surface area (Å²) in [4.78, 5) is 67.2. The van der Waals surface area contributed by atoms with Crippen molar-refractivity contribution in [1.82, 2.24) is 35.0 Å². The molecular weight excluding hydrogens is 1380 g/mol. The number of allylic oxidation sites excluding steroid dienone is 1. The summed E-state index contributed by atoms with van der Waals surface area (Å²) in [6, 6.07) is 22.7. The van der Waals surface area contributed by atoms with Crippen molar-refractivity contribution in [3.8, 4) is 10.4 Å². The molecule has 5 fully saturated rings. The van der Waals surface area contributed by atoms with E-state index in [1.165, 1.54) is 39.9 Å². The number of halogens is 5. The first-order chi connectivity index (χ1) is 47.6. The lowest BCUT2D eigenvalue weighted by Crippen LogP contribution is -2.66. The number of thioether (sulfide) groups is 1. The first-order valence-corrected chi connectivity index (χ1v) is 39.7. The number of aliphatic hydroxyl groups is 1. The number of anilines is 2. The fraction of sp³-hybridized carbons (Fsp3) is 0.554. The number of aliphatic hydroxyl groups excluding tert-OH is 1. The molecular formula is C74H96F5N9O9S4. The second-order valence-corrected chi connectivity index (χ2v) is 35.9. The van der Waals surface area contributed by atoms with Gasteiger partial charge in [0.25, 0.3) is 25.8 Å².